The van der Waals surface area contributed by atoms with Crippen LogP contribution >= 0.6 is 23.1 Å². The van der Waals surface area contributed by atoms with Gasteiger partial charge in [0.1, 0.15) is 0 Å². The molecule has 0 saturated carbocycles. The molecular weight excluding hydrogens is 396 g/mol. The van der Waals surface area contributed by atoms with E-state index in [0.717, 1.165) is 0 Å². The van der Waals surface area contributed by atoms with Gasteiger partial charge >= 0.3 is 0 Å². The number of thiazole rings is 1. The lowest BCUT2D eigenvalue weighted by Gasteiger charge is -2.14. The van der Waals surface area contributed by atoms with E-state index >= 15 is 0 Å². The zero-order valence-corrected chi connectivity index (χ0v) is 15.9. The van der Waals surface area contributed by atoms with Gasteiger partial charge in [-0.05, 0) is 47.7 Å². The summed E-state index contributed by atoms with van der Waals surface area (Å²) in [6.07, 6.45) is 3.36. The van der Waals surface area contributed by atoms with Crippen LogP contribution in [0.15, 0.2) is 76.1 Å². The average molecular weight is 408 g/mol. The Balaban J connectivity index is 1.72. The smallest absolute Gasteiger partial charge is 0.268 e. The van der Waals surface area contributed by atoms with Gasteiger partial charge in [-0.25, -0.2) is 4.98 Å². The van der Waals surface area contributed by atoms with Gasteiger partial charge in [0.15, 0.2) is 5.17 Å². The van der Waals surface area contributed by atoms with E-state index in [4.69, 9.17) is 0 Å². The maximum Gasteiger partial charge on any atom is 0.271 e. The monoisotopic (exact) mass is 408 g/mol. The largest absolute Gasteiger partial charge is 0.271 e. The number of anilines is 1. The lowest BCUT2D eigenvalue weighted by atomic mass is 10.2. The van der Waals surface area contributed by atoms with Gasteiger partial charge in [0.25, 0.3) is 11.6 Å². The van der Waals surface area contributed by atoms with Crippen LogP contribution in [0.25, 0.3) is 6.08 Å². The summed E-state index contributed by atoms with van der Waals surface area (Å²) in [5, 5.41) is 13.7. The molecule has 1 amide bonds. The van der Waals surface area contributed by atoms with Crippen LogP contribution in [0.3, 0.4) is 0 Å². The van der Waals surface area contributed by atoms with Crippen molar-refractivity contribution < 1.29 is 9.72 Å². The molecule has 9 heteroatoms. The number of amidine groups is 1. The molecule has 0 spiro atoms. The number of para-hydroxylation sites is 1. The zero-order valence-electron chi connectivity index (χ0n) is 14.3. The standard InChI is InChI=1S/C19H12N4O3S2/c24-17-16(12-13-6-8-15(9-7-13)23(25)26)28-19(21-18-20-10-11-27-18)22(17)14-4-2-1-3-5-14/h1-12H/b16-12-,21-19+. The van der Waals surface area contributed by atoms with E-state index in [-0.39, 0.29) is 11.6 Å². The fraction of sp³-hybridized carbons (Fsp3) is 0. The van der Waals surface area contributed by atoms with E-state index < -0.39 is 4.92 Å². The third-order valence-corrected chi connectivity index (χ3v) is 5.47. The van der Waals surface area contributed by atoms with E-state index in [1.54, 1.807) is 29.3 Å². The summed E-state index contributed by atoms with van der Waals surface area (Å²) in [6, 6.07) is 15.3. The minimum absolute atomic E-state index is 0.00415. The first kappa shape index (κ1) is 18.1. The number of nitro benzene ring substituents is 1. The van der Waals surface area contributed by atoms with E-state index in [0.29, 0.717) is 26.5 Å². The number of carbonyl (C=O) groups is 1. The molecule has 28 heavy (non-hydrogen) atoms. The number of hydrogen-bond acceptors (Lipinski definition) is 7. The van der Waals surface area contributed by atoms with Crippen molar-refractivity contribution in [3.05, 3.63) is 86.8 Å². The predicted octanol–water partition coefficient (Wildman–Crippen LogP) is 4.86. The van der Waals surface area contributed by atoms with Crippen LogP contribution in [0.4, 0.5) is 16.5 Å². The molecule has 2 heterocycles. The van der Waals surface area contributed by atoms with E-state index in [1.807, 2.05) is 35.7 Å². The van der Waals surface area contributed by atoms with Crippen LogP contribution in [-0.4, -0.2) is 21.0 Å². The summed E-state index contributed by atoms with van der Waals surface area (Å²) in [6.45, 7) is 0. The Morgan fingerprint density at radius 2 is 1.86 bits per heavy atom. The molecule has 0 aliphatic carbocycles. The first-order valence-corrected chi connectivity index (χ1v) is 9.83. The fourth-order valence-corrected chi connectivity index (χ4v) is 4.09. The van der Waals surface area contributed by atoms with Crippen LogP contribution < -0.4 is 4.90 Å². The number of non-ortho nitro benzene ring substituents is 1. The number of benzene rings is 2. The quantitative estimate of drug-likeness (QED) is 0.349. The molecule has 1 aliphatic heterocycles. The van der Waals surface area contributed by atoms with Crippen molar-refractivity contribution in [2.45, 2.75) is 0 Å². The van der Waals surface area contributed by atoms with Crippen molar-refractivity contribution in [1.82, 2.24) is 4.98 Å². The Labute approximate surface area is 168 Å². The number of nitro groups is 1. The number of hydrogen-bond donors (Lipinski definition) is 0. The second-order valence-electron chi connectivity index (χ2n) is 5.64. The second-order valence-corrected chi connectivity index (χ2v) is 7.53. The number of nitrogens with zero attached hydrogens (tertiary/aromatic N) is 4. The van der Waals surface area contributed by atoms with Gasteiger partial charge in [0.05, 0.1) is 15.5 Å². The Morgan fingerprint density at radius 1 is 1.11 bits per heavy atom. The Kier molecular flexibility index (Phi) is 5.00. The van der Waals surface area contributed by atoms with Crippen molar-refractivity contribution in [3.8, 4) is 0 Å². The van der Waals surface area contributed by atoms with Crippen molar-refractivity contribution in [2.24, 2.45) is 4.99 Å². The van der Waals surface area contributed by atoms with Gasteiger partial charge in [-0.15, -0.1) is 11.3 Å². The summed E-state index contributed by atoms with van der Waals surface area (Å²) in [5.41, 5.74) is 1.41. The minimum atomic E-state index is -0.456. The minimum Gasteiger partial charge on any atom is -0.268 e. The third kappa shape index (κ3) is 3.71. The Bertz CT molecular complexity index is 1080. The van der Waals surface area contributed by atoms with Crippen LogP contribution in [0.2, 0.25) is 0 Å². The Morgan fingerprint density at radius 3 is 2.50 bits per heavy atom. The average Bonchev–Trinajstić information content (AvgIpc) is 3.31. The molecule has 0 atom stereocenters. The van der Waals surface area contributed by atoms with E-state index in [1.165, 1.54) is 35.2 Å². The number of amides is 1. The fourth-order valence-electron chi connectivity index (χ4n) is 2.55. The summed E-state index contributed by atoms with van der Waals surface area (Å²) >= 11 is 2.63. The zero-order chi connectivity index (χ0) is 19.5. The highest BCUT2D eigenvalue weighted by Gasteiger charge is 2.34. The molecule has 1 aliphatic rings. The number of thioether (sulfide) groups is 1. The summed E-state index contributed by atoms with van der Waals surface area (Å²) in [4.78, 5) is 34.1. The Hall–Kier alpha value is -3.30. The number of rotatable bonds is 4. The first-order valence-electron chi connectivity index (χ1n) is 8.13. The number of aromatic nitrogens is 1. The van der Waals surface area contributed by atoms with Crippen LogP contribution in [0, 0.1) is 10.1 Å². The molecule has 1 fully saturated rings. The molecule has 7 nitrogen and oxygen atoms in total. The first-order chi connectivity index (χ1) is 13.6. The molecule has 4 rings (SSSR count). The van der Waals surface area contributed by atoms with Crippen molar-refractivity contribution in [2.75, 3.05) is 4.90 Å². The molecule has 3 aromatic rings. The number of carbonyl (C=O) groups excluding carboxylic acids is 1. The maximum atomic E-state index is 13.1. The van der Waals surface area contributed by atoms with Crippen LogP contribution in [-0.2, 0) is 4.79 Å². The normalized spacial score (nSPS) is 16.9. The number of aliphatic imine (C=N–C) groups is 1. The molecule has 2 aromatic carbocycles. The highest BCUT2D eigenvalue weighted by molar-refractivity contribution is 8.19. The molecular formula is C19H12N4O3S2. The molecule has 0 bridgehead atoms. The van der Waals surface area contributed by atoms with Gasteiger partial charge in [0.2, 0.25) is 5.13 Å². The van der Waals surface area contributed by atoms with Crippen molar-refractivity contribution in [1.29, 1.82) is 0 Å². The third-order valence-electron chi connectivity index (χ3n) is 3.83. The summed E-state index contributed by atoms with van der Waals surface area (Å²) < 4.78 is 0. The molecule has 0 unspecified atom stereocenters. The van der Waals surface area contributed by atoms with Crippen LogP contribution in [0.5, 0.6) is 0 Å². The molecule has 138 valence electrons. The second kappa shape index (κ2) is 7.75. The van der Waals surface area contributed by atoms with Gasteiger partial charge in [0, 0.05) is 23.7 Å². The van der Waals surface area contributed by atoms with E-state index in [2.05, 4.69) is 9.98 Å². The van der Waals surface area contributed by atoms with Gasteiger partial charge in [-0.3, -0.25) is 19.8 Å². The van der Waals surface area contributed by atoms with Crippen molar-refractivity contribution >= 4 is 56.8 Å². The lowest BCUT2D eigenvalue weighted by Crippen LogP contribution is -2.28. The van der Waals surface area contributed by atoms with Crippen molar-refractivity contribution in [3.63, 3.8) is 0 Å². The van der Waals surface area contributed by atoms with Gasteiger partial charge < -0.3 is 0 Å². The van der Waals surface area contributed by atoms with E-state index in [9.17, 15) is 14.9 Å². The molecule has 1 aromatic heterocycles. The summed E-state index contributed by atoms with van der Waals surface area (Å²) in [7, 11) is 0. The summed E-state index contributed by atoms with van der Waals surface area (Å²) in [5.74, 6) is -0.204. The SMILES string of the molecule is O=C1/C(=C/c2ccc([N+](=O)[O-])cc2)S/C(=N/c2nccs2)N1c1ccccc1. The van der Waals surface area contributed by atoms with Gasteiger partial charge in [-0.2, -0.15) is 4.99 Å². The molecule has 1 saturated heterocycles. The topological polar surface area (TPSA) is 88.7 Å². The maximum absolute atomic E-state index is 13.1. The lowest BCUT2D eigenvalue weighted by molar-refractivity contribution is -0.384. The highest BCUT2D eigenvalue weighted by Crippen LogP contribution is 2.37. The van der Waals surface area contributed by atoms with Crippen LogP contribution in [0.1, 0.15) is 5.56 Å². The molecule has 0 N–H and O–H groups in total. The molecule has 0 radical (unpaired) electrons. The highest BCUT2D eigenvalue weighted by atomic mass is 32.2. The predicted molar refractivity (Wildman–Crippen MR) is 112 cm³/mol. The van der Waals surface area contributed by atoms with Gasteiger partial charge in [-0.1, -0.05) is 18.2 Å².